The van der Waals surface area contributed by atoms with Gasteiger partial charge in [0.1, 0.15) is 6.04 Å². The van der Waals surface area contributed by atoms with Crippen molar-refractivity contribution in [3.05, 3.63) is 12.7 Å². The van der Waals surface area contributed by atoms with E-state index in [0.717, 1.165) is 6.42 Å². The summed E-state index contributed by atoms with van der Waals surface area (Å²) in [4.78, 5) is 22.2. The van der Waals surface area contributed by atoms with Gasteiger partial charge in [-0.05, 0) is 12.3 Å². The number of urea groups is 1. The Kier molecular flexibility index (Phi) is 8.65. The van der Waals surface area contributed by atoms with Crippen molar-refractivity contribution in [1.29, 1.82) is 0 Å². The van der Waals surface area contributed by atoms with E-state index in [2.05, 4.69) is 17.2 Å². The molecule has 104 valence electrons. The molecule has 0 fully saturated rings. The van der Waals surface area contributed by atoms with Gasteiger partial charge >= 0.3 is 12.0 Å². The summed E-state index contributed by atoms with van der Waals surface area (Å²) in [5.41, 5.74) is 0. The first kappa shape index (κ1) is 16.4. The van der Waals surface area contributed by atoms with Gasteiger partial charge in [0.15, 0.2) is 0 Å². The molecule has 0 aliphatic carbocycles. The van der Waals surface area contributed by atoms with E-state index in [4.69, 9.17) is 9.84 Å². The van der Waals surface area contributed by atoms with Gasteiger partial charge in [0.2, 0.25) is 0 Å². The minimum atomic E-state index is -1.04. The number of rotatable bonds is 9. The van der Waals surface area contributed by atoms with E-state index in [0.29, 0.717) is 19.8 Å². The standard InChI is InChI=1S/C12H22N2O4/c1-4-5-7-18-8-6-13-12(17)14-10(9(2)3)11(15)16/h4,9-10H,1,5-8H2,2-3H3,(H,15,16)(H2,13,14,17)/t10-/m0/s1. The fraction of sp³-hybridized carbons (Fsp3) is 0.667. The van der Waals surface area contributed by atoms with Crippen molar-refractivity contribution < 1.29 is 19.4 Å². The van der Waals surface area contributed by atoms with Crippen molar-refractivity contribution in [3.8, 4) is 0 Å². The summed E-state index contributed by atoms with van der Waals surface area (Å²) in [6.07, 6.45) is 2.51. The molecule has 6 nitrogen and oxygen atoms in total. The van der Waals surface area contributed by atoms with Crippen molar-refractivity contribution in [2.75, 3.05) is 19.8 Å². The topological polar surface area (TPSA) is 87.7 Å². The number of carboxylic acid groups (broad SMARTS) is 1. The zero-order valence-corrected chi connectivity index (χ0v) is 10.9. The summed E-state index contributed by atoms with van der Waals surface area (Å²) in [5, 5.41) is 13.8. The summed E-state index contributed by atoms with van der Waals surface area (Å²) >= 11 is 0. The maximum absolute atomic E-state index is 11.4. The van der Waals surface area contributed by atoms with E-state index < -0.39 is 18.0 Å². The lowest BCUT2D eigenvalue weighted by molar-refractivity contribution is -0.140. The monoisotopic (exact) mass is 258 g/mol. The average Bonchev–Trinajstić information content (AvgIpc) is 2.29. The van der Waals surface area contributed by atoms with Crippen molar-refractivity contribution in [1.82, 2.24) is 10.6 Å². The lowest BCUT2D eigenvalue weighted by atomic mass is 10.1. The molecule has 0 spiro atoms. The summed E-state index contributed by atoms with van der Waals surface area (Å²) in [7, 11) is 0. The van der Waals surface area contributed by atoms with Crippen LogP contribution in [0, 0.1) is 5.92 Å². The molecule has 0 saturated carbocycles. The van der Waals surface area contributed by atoms with Crippen LogP contribution in [-0.2, 0) is 9.53 Å². The highest BCUT2D eigenvalue weighted by atomic mass is 16.5. The second-order valence-corrected chi connectivity index (χ2v) is 4.15. The number of aliphatic carboxylic acids is 1. The molecule has 0 aliphatic heterocycles. The van der Waals surface area contributed by atoms with Crippen LogP contribution in [0.3, 0.4) is 0 Å². The minimum Gasteiger partial charge on any atom is -0.480 e. The Balaban J connectivity index is 3.75. The van der Waals surface area contributed by atoms with Gasteiger partial charge < -0.3 is 20.5 Å². The zero-order chi connectivity index (χ0) is 14.0. The quantitative estimate of drug-likeness (QED) is 0.425. The molecule has 0 aromatic rings. The third-order valence-electron chi connectivity index (χ3n) is 2.22. The van der Waals surface area contributed by atoms with E-state index >= 15 is 0 Å². The molecule has 1 atom stereocenters. The molecular weight excluding hydrogens is 236 g/mol. The first-order valence-electron chi connectivity index (χ1n) is 5.94. The number of hydrogen-bond acceptors (Lipinski definition) is 3. The van der Waals surface area contributed by atoms with Gasteiger partial charge in [0, 0.05) is 6.54 Å². The predicted octanol–water partition coefficient (Wildman–Crippen LogP) is 0.988. The third kappa shape index (κ3) is 7.67. The predicted molar refractivity (Wildman–Crippen MR) is 68.4 cm³/mol. The van der Waals surface area contributed by atoms with E-state index in [1.807, 2.05) is 0 Å². The van der Waals surface area contributed by atoms with E-state index in [9.17, 15) is 9.59 Å². The molecule has 3 N–H and O–H groups in total. The Morgan fingerprint density at radius 1 is 1.39 bits per heavy atom. The van der Waals surface area contributed by atoms with Gasteiger partial charge in [0.05, 0.1) is 13.2 Å². The first-order valence-corrected chi connectivity index (χ1v) is 5.94. The summed E-state index contributed by atoms with van der Waals surface area (Å²) in [6, 6.07) is -1.38. The second kappa shape index (κ2) is 9.47. The molecule has 2 amide bonds. The molecule has 0 heterocycles. The lowest BCUT2D eigenvalue weighted by Gasteiger charge is -2.18. The van der Waals surface area contributed by atoms with Gasteiger partial charge in [-0.1, -0.05) is 19.9 Å². The second-order valence-electron chi connectivity index (χ2n) is 4.15. The number of carbonyl (C=O) groups excluding carboxylic acids is 1. The first-order chi connectivity index (χ1) is 8.49. The van der Waals surface area contributed by atoms with Crippen LogP contribution in [-0.4, -0.2) is 42.9 Å². The zero-order valence-electron chi connectivity index (χ0n) is 10.9. The van der Waals surface area contributed by atoms with Crippen LogP contribution in [0.4, 0.5) is 4.79 Å². The van der Waals surface area contributed by atoms with Crippen LogP contribution >= 0.6 is 0 Å². The van der Waals surface area contributed by atoms with Crippen LogP contribution in [0.25, 0.3) is 0 Å². The highest BCUT2D eigenvalue weighted by Gasteiger charge is 2.22. The lowest BCUT2D eigenvalue weighted by Crippen LogP contribution is -2.49. The molecule has 0 radical (unpaired) electrons. The fourth-order valence-electron chi connectivity index (χ4n) is 1.21. The van der Waals surface area contributed by atoms with Gasteiger partial charge in [-0.3, -0.25) is 0 Å². The number of ether oxygens (including phenoxy) is 1. The van der Waals surface area contributed by atoms with Crippen molar-refractivity contribution in [3.63, 3.8) is 0 Å². The Hall–Kier alpha value is -1.56. The van der Waals surface area contributed by atoms with Gasteiger partial charge in [-0.25, -0.2) is 9.59 Å². The highest BCUT2D eigenvalue weighted by Crippen LogP contribution is 2.00. The van der Waals surface area contributed by atoms with Crippen LogP contribution in [0.1, 0.15) is 20.3 Å². The Morgan fingerprint density at radius 2 is 2.06 bits per heavy atom. The van der Waals surface area contributed by atoms with Crippen LogP contribution in [0.15, 0.2) is 12.7 Å². The Labute approximate surface area is 107 Å². The number of hydrogen-bond donors (Lipinski definition) is 3. The van der Waals surface area contributed by atoms with Crippen LogP contribution in [0.5, 0.6) is 0 Å². The maximum Gasteiger partial charge on any atom is 0.326 e. The molecule has 0 aromatic carbocycles. The van der Waals surface area contributed by atoms with E-state index in [-0.39, 0.29) is 5.92 Å². The smallest absolute Gasteiger partial charge is 0.326 e. The van der Waals surface area contributed by atoms with Gasteiger partial charge in [-0.15, -0.1) is 6.58 Å². The molecule has 0 bridgehead atoms. The number of amides is 2. The molecule has 0 saturated heterocycles. The minimum absolute atomic E-state index is 0.169. The fourth-order valence-corrected chi connectivity index (χ4v) is 1.21. The van der Waals surface area contributed by atoms with Gasteiger partial charge in [0.25, 0.3) is 0 Å². The van der Waals surface area contributed by atoms with Crippen molar-refractivity contribution >= 4 is 12.0 Å². The summed E-state index contributed by atoms with van der Waals surface area (Å²) in [6.45, 7) is 8.32. The summed E-state index contributed by atoms with van der Waals surface area (Å²) in [5.74, 6) is -1.21. The van der Waals surface area contributed by atoms with Gasteiger partial charge in [-0.2, -0.15) is 0 Å². The largest absolute Gasteiger partial charge is 0.480 e. The molecule has 0 rings (SSSR count). The Morgan fingerprint density at radius 3 is 2.56 bits per heavy atom. The van der Waals surface area contributed by atoms with Crippen molar-refractivity contribution in [2.24, 2.45) is 5.92 Å². The normalized spacial score (nSPS) is 11.9. The Bertz CT molecular complexity index is 279. The molecule has 18 heavy (non-hydrogen) atoms. The van der Waals surface area contributed by atoms with Crippen LogP contribution in [0.2, 0.25) is 0 Å². The molecule has 0 unspecified atom stereocenters. The highest BCUT2D eigenvalue weighted by molar-refractivity contribution is 5.82. The average molecular weight is 258 g/mol. The molecular formula is C12H22N2O4. The van der Waals surface area contributed by atoms with E-state index in [1.54, 1.807) is 19.9 Å². The maximum atomic E-state index is 11.4. The molecule has 0 aliphatic rings. The SMILES string of the molecule is C=CCCOCCNC(=O)N[C@H](C(=O)O)C(C)C. The molecule has 0 aromatic heterocycles. The third-order valence-corrected chi connectivity index (χ3v) is 2.22. The number of carboxylic acids is 1. The van der Waals surface area contributed by atoms with Crippen LogP contribution < -0.4 is 10.6 Å². The van der Waals surface area contributed by atoms with E-state index in [1.165, 1.54) is 0 Å². The number of nitrogens with one attached hydrogen (secondary N) is 2. The molecule has 6 heteroatoms. The summed E-state index contributed by atoms with van der Waals surface area (Å²) < 4.78 is 5.19. The number of carbonyl (C=O) groups is 2. The van der Waals surface area contributed by atoms with Crippen molar-refractivity contribution in [2.45, 2.75) is 26.3 Å².